The van der Waals surface area contributed by atoms with Gasteiger partial charge in [-0.1, -0.05) is 25.1 Å². The zero-order valence-corrected chi connectivity index (χ0v) is 12.2. The molecular weight excluding hydrogens is 282 g/mol. The molecule has 0 spiro atoms. The monoisotopic (exact) mass is 299 g/mol. The van der Waals surface area contributed by atoms with Gasteiger partial charge in [0.25, 0.3) is 5.91 Å². The molecule has 0 saturated carbocycles. The lowest BCUT2D eigenvalue weighted by Gasteiger charge is -2.09. The predicted octanol–water partition coefficient (Wildman–Crippen LogP) is 2.96. The molecule has 2 aromatic rings. The van der Waals surface area contributed by atoms with Gasteiger partial charge in [0, 0.05) is 5.69 Å². The number of carboxylic acid groups (broad SMARTS) is 1. The Bertz CT molecular complexity index is 682. The molecule has 22 heavy (non-hydrogen) atoms. The van der Waals surface area contributed by atoms with Gasteiger partial charge in [-0.3, -0.25) is 4.79 Å². The SMILES string of the molecule is CCc1cccc(OCC(=O)Nc2cccc(C(=O)O)c2)c1. The van der Waals surface area contributed by atoms with Crippen LogP contribution < -0.4 is 10.1 Å². The van der Waals surface area contributed by atoms with Crippen molar-refractivity contribution >= 4 is 17.6 Å². The number of hydrogen-bond donors (Lipinski definition) is 2. The maximum Gasteiger partial charge on any atom is 0.335 e. The molecule has 0 bridgehead atoms. The number of nitrogens with one attached hydrogen (secondary N) is 1. The second kappa shape index (κ2) is 7.26. The van der Waals surface area contributed by atoms with E-state index in [1.54, 1.807) is 18.2 Å². The minimum atomic E-state index is -1.04. The molecule has 1 amide bonds. The van der Waals surface area contributed by atoms with Crippen molar-refractivity contribution in [2.24, 2.45) is 0 Å². The van der Waals surface area contributed by atoms with Crippen molar-refractivity contribution in [2.45, 2.75) is 13.3 Å². The van der Waals surface area contributed by atoms with Crippen LogP contribution in [0, 0.1) is 0 Å². The van der Waals surface area contributed by atoms with Crippen LogP contribution in [0.2, 0.25) is 0 Å². The molecule has 0 fully saturated rings. The Balaban J connectivity index is 1.92. The van der Waals surface area contributed by atoms with E-state index in [1.807, 2.05) is 25.1 Å². The number of anilines is 1. The minimum Gasteiger partial charge on any atom is -0.484 e. The number of carbonyl (C=O) groups is 2. The van der Waals surface area contributed by atoms with Crippen LogP contribution >= 0.6 is 0 Å². The number of rotatable bonds is 6. The highest BCUT2D eigenvalue weighted by Crippen LogP contribution is 2.14. The van der Waals surface area contributed by atoms with Crippen LogP contribution in [0.5, 0.6) is 5.75 Å². The van der Waals surface area contributed by atoms with E-state index in [2.05, 4.69) is 5.32 Å². The van der Waals surface area contributed by atoms with E-state index in [9.17, 15) is 9.59 Å². The van der Waals surface area contributed by atoms with Gasteiger partial charge in [-0.2, -0.15) is 0 Å². The van der Waals surface area contributed by atoms with Gasteiger partial charge in [-0.15, -0.1) is 0 Å². The first kappa shape index (κ1) is 15.6. The Kier molecular flexibility index (Phi) is 5.14. The topological polar surface area (TPSA) is 75.6 Å². The molecule has 0 heterocycles. The normalized spacial score (nSPS) is 10.0. The number of aromatic carboxylic acids is 1. The van der Waals surface area contributed by atoms with Gasteiger partial charge >= 0.3 is 5.97 Å². The fraction of sp³-hybridized carbons (Fsp3) is 0.176. The summed E-state index contributed by atoms with van der Waals surface area (Å²) in [7, 11) is 0. The summed E-state index contributed by atoms with van der Waals surface area (Å²) in [5.41, 5.74) is 1.68. The van der Waals surface area contributed by atoms with Gasteiger partial charge < -0.3 is 15.2 Å². The van der Waals surface area contributed by atoms with Gasteiger partial charge in [0.15, 0.2) is 6.61 Å². The molecule has 0 radical (unpaired) electrons. The van der Waals surface area contributed by atoms with Crippen LogP contribution in [-0.4, -0.2) is 23.6 Å². The second-order valence-corrected chi connectivity index (χ2v) is 4.72. The third-order valence-corrected chi connectivity index (χ3v) is 3.07. The molecule has 0 saturated heterocycles. The Morgan fingerprint density at radius 3 is 2.64 bits per heavy atom. The molecule has 5 nitrogen and oxygen atoms in total. The average molecular weight is 299 g/mol. The molecule has 114 valence electrons. The Morgan fingerprint density at radius 1 is 1.14 bits per heavy atom. The Morgan fingerprint density at radius 2 is 1.91 bits per heavy atom. The standard InChI is InChI=1S/C17H17NO4/c1-2-12-5-3-8-15(9-12)22-11-16(19)18-14-7-4-6-13(10-14)17(20)21/h3-10H,2,11H2,1H3,(H,18,19)(H,20,21). The van der Waals surface area contributed by atoms with E-state index in [0.29, 0.717) is 11.4 Å². The minimum absolute atomic E-state index is 0.120. The van der Waals surface area contributed by atoms with Crippen molar-refractivity contribution in [1.29, 1.82) is 0 Å². The molecule has 2 N–H and O–H groups in total. The Hall–Kier alpha value is -2.82. The quantitative estimate of drug-likeness (QED) is 0.860. The fourth-order valence-corrected chi connectivity index (χ4v) is 1.93. The van der Waals surface area contributed by atoms with Gasteiger partial charge in [0.05, 0.1) is 5.56 Å². The summed E-state index contributed by atoms with van der Waals surface area (Å²) in [4.78, 5) is 22.7. The summed E-state index contributed by atoms with van der Waals surface area (Å²) in [6.07, 6.45) is 0.894. The van der Waals surface area contributed by atoms with Crippen LogP contribution in [0.4, 0.5) is 5.69 Å². The summed E-state index contributed by atoms with van der Waals surface area (Å²) in [6, 6.07) is 13.6. The van der Waals surface area contributed by atoms with Crippen molar-refractivity contribution in [1.82, 2.24) is 0 Å². The van der Waals surface area contributed by atoms with E-state index >= 15 is 0 Å². The fourth-order valence-electron chi connectivity index (χ4n) is 1.93. The number of benzene rings is 2. The van der Waals surface area contributed by atoms with Crippen LogP contribution in [0.15, 0.2) is 48.5 Å². The highest BCUT2D eigenvalue weighted by Gasteiger charge is 2.07. The zero-order valence-electron chi connectivity index (χ0n) is 12.2. The molecular formula is C17H17NO4. The van der Waals surface area contributed by atoms with Crippen molar-refractivity contribution < 1.29 is 19.4 Å². The lowest BCUT2D eigenvalue weighted by Crippen LogP contribution is -2.20. The molecule has 0 aromatic heterocycles. The number of carbonyl (C=O) groups excluding carboxylic acids is 1. The Labute approximate surface area is 128 Å². The lowest BCUT2D eigenvalue weighted by molar-refractivity contribution is -0.118. The molecule has 0 aliphatic rings. The summed E-state index contributed by atoms with van der Waals surface area (Å²) < 4.78 is 5.43. The van der Waals surface area contributed by atoms with Crippen molar-refractivity contribution in [2.75, 3.05) is 11.9 Å². The van der Waals surface area contributed by atoms with Gasteiger partial charge in [0.2, 0.25) is 0 Å². The van der Waals surface area contributed by atoms with E-state index in [-0.39, 0.29) is 18.1 Å². The molecule has 2 aromatic carbocycles. The number of carboxylic acids is 1. The highest BCUT2D eigenvalue weighted by molar-refractivity contribution is 5.94. The molecule has 0 atom stereocenters. The molecule has 2 rings (SSSR count). The number of hydrogen-bond acceptors (Lipinski definition) is 3. The van der Waals surface area contributed by atoms with Crippen LogP contribution in [0.1, 0.15) is 22.8 Å². The van der Waals surface area contributed by atoms with Crippen molar-refractivity contribution in [3.63, 3.8) is 0 Å². The number of amides is 1. The average Bonchev–Trinajstić information content (AvgIpc) is 2.53. The molecule has 0 aliphatic heterocycles. The van der Waals surface area contributed by atoms with Gasteiger partial charge in [-0.05, 0) is 42.3 Å². The zero-order chi connectivity index (χ0) is 15.9. The van der Waals surface area contributed by atoms with E-state index in [4.69, 9.17) is 9.84 Å². The van der Waals surface area contributed by atoms with Gasteiger partial charge in [-0.25, -0.2) is 4.79 Å². The maximum absolute atomic E-state index is 11.8. The predicted molar refractivity (Wildman–Crippen MR) is 83.3 cm³/mol. The van der Waals surface area contributed by atoms with Crippen LogP contribution in [0.25, 0.3) is 0 Å². The van der Waals surface area contributed by atoms with Crippen LogP contribution in [-0.2, 0) is 11.2 Å². The van der Waals surface area contributed by atoms with E-state index in [1.165, 1.54) is 12.1 Å². The van der Waals surface area contributed by atoms with Crippen LogP contribution in [0.3, 0.4) is 0 Å². The van der Waals surface area contributed by atoms with E-state index < -0.39 is 5.97 Å². The van der Waals surface area contributed by atoms with Gasteiger partial charge in [0.1, 0.15) is 5.75 Å². The third kappa shape index (κ3) is 4.34. The first-order valence-corrected chi connectivity index (χ1v) is 6.93. The number of aryl methyl sites for hydroxylation is 1. The first-order valence-electron chi connectivity index (χ1n) is 6.93. The van der Waals surface area contributed by atoms with E-state index in [0.717, 1.165) is 12.0 Å². The summed E-state index contributed by atoms with van der Waals surface area (Å²) >= 11 is 0. The number of ether oxygens (including phenoxy) is 1. The largest absolute Gasteiger partial charge is 0.484 e. The van der Waals surface area contributed by atoms with Crippen molar-refractivity contribution in [3.05, 3.63) is 59.7 Å². The summed E-state index contributed by atoms with van der Waals surface area (Å²) in [5.74, 6) is -0.748. The molecule has 0 unspecified atom stereocenters. The first-order chi connectivity index (χ1) is 10.6. The molecule has 0 aliphatic carbocycles. The maximum atomic E-state index is 11.8. The third-order valence-electron chi connectivity index (χ3n) is 3.07. The smallest absolute Gasteiger partial charge is 0.335 e. The lowest BCUT2D eigenvalue weighted by atomic mass is 10.2. The van der Waals surface area contributed by atoms with Crippen molar-refractivity contribution in [3.8, 4) is 5.75 Å². The molecule has 5 heteroatoms. The highest BCUT2D eigenvalue weighted by atomic mass is 16.5. The summed E-state index contributed by atoms with van der Waals surface area (Å²) in [5, 5.41) is 11.5. The second-order valence-electron chi connectivity index (χ2n) is 4.72. The summed E-state index contributed by atoms with van der Waals surface area (Å²) in [6.45, 7) is 1.91.